The van der Waals surface area contributed by atoms with E-state index in [9.17, 15) is 0 Å². The minimum absolute atomic E-state index is 0.196. The molecule has 0 bridgehead atoms. The zero-order valence-electron chi connectivity index (χ0n) is 10.5. The minimum atomic E-state index is 0.196. The lowest BCUT2D eigenvalue weighted by Crippen LogP contribution is -2.17. The van der Waals surface area contributed by atoms with Crippen molar-refractivity contribution in [2.45, 2.75) is 37.6 Å². The van der Waals surface area contributed by atoms with E-state index in [0.717, 1.165) is 6.42 Å². The van der Waals surface area contributed by atoms with E-state index >= 15 is 0 Å². The molecule has 1 aliphatic rings. The van der Waals surface area contributed by atoms with Crippen LogP contribution in [0.15, 0.2) is 41.8 Å². The first kappa shape index (κ1) is 11.9. The molecule has 1 heterocycles. The van der Waals surface area contributed by atoms with Crippen LogP contribution in [0.4, 0.5) is 0 Å². The molecule has 0 saturated heterocycles. The van der Waals surface area contributed by atoms with Gasteiger partial charge in [0.15, 0.2) is 0 Å². The Morgan fingerprint density at radius 2 is 2.11 bits per heavy atom. The van der Waals surface area contributed by atoms with Crippen molar-refractivity contribution in [3.8, 4) is 0 Å². The van der Waals surface area contributed by atoms with Gasteiger partial charge in [-0.05, 0) is 54.2 Å². The molecular weight excluding hydrogens is 238 g/mol. The van der Waals surface area contributed by atoms with Gasteiger partial charge in [-0.3, -0.25) is 0 Å². The van der Waals surface area contributed by atoms with E-state index in [1.165, 1.54) is 35.3 Å². The van der Waals surface area contributed by atoms with Crippen LogP contribution in [0.5, 0.6) is 0 Å². The van der Waals surface area contributed by atoms with Crippen LogP contribution in [0.3, 0.4) is 0 Å². The van der Waals surface area contributed by atoms with Crippen molar-refractivity contribution in [2.75, 3.05) is 0 Å². The van der Waals surface area contributed by atoms with Gasteiger partial charge in [-0.25, -0.2) is 0 Å². The molecule has 0 aliphatic heterocycles. The third-order valence-corrected chi connectivity index (χ3v) is 4.94. The number of thiophene rings is 1. The van der Waals surface area contributed by atoms with E-state index in [4.69, 9.17) is 5.73 Å². The van der Waals surface area contributed by atoms with E-state index < -0.39 is 0 Å². The van der Waals surface area contributed by atoms with Gasteiger partial charge in [-0.15, -0.1) is 11.3 Å². The molecule has 1 aromatic carbocycles. The predicted octanol–water partition coefficient (Wildman–Crippen LogP) is 4.26. The fourth-order valence-electron chi connectivity index (χ4n) is 3.02. The van der Waals surface area contributed by atoms with Crippen LogP contribution in [0.2, 0.25) is 0 Å². The molecule has 3 rings (SSSR count). The highest BCUT2D eigenvalue weighted by Gasteiger charge is 2.22. The van der Waals surface area contributed by atoms with Gasteiger partial charge in [0, 0.05) is 10.9 Å². The average Bonchev–Trinajstić information content (AvgIpc) is 2.93. The SMILES string of the molecule is NC(CC1CCCc2ccccc21)c1cccs1. The van der Waals surface area contributed by atoms with Crippen molar-refractivity contribution in [1.82, 2.24) is 0 Å². The van der Waals surface area contributed by atoms with Crippen molar-refractivity contribution < 1.29 is 0 Å². The van der Waals surface area contributed by atoms with Gasteiger partial charge < -0.3 is 5.73 Å². The molecule has 1 aromatic heterocycles. The molecular formula is C16H19NS. The Labute approximate surface area is 113 Å². The van der Waals surface area contributed by atoms with Crippen LogP contribution in [-0.2, 0) is 6.42 Å². The summed E-state index contributed by atoms with van der Waals surface area (Å²) in [4.78, 5) is 1.32. The average molecular weight is 257 g/mol. The van der Waals surface area contributed by atoms with Crippen LogP contribution >= 0.6 is 11.3 Å². The van der Waals surface area contributed by atoms with Crippen molar-refractivity contribution in [3.63, 3.8) is 0 Å². The highest BCUT2D eigenvalue weighted by Crippen LogP contribution is 2.37. The quantitative estimate of drug-likeness (QED) is 0.873. The molecule has 0 saturated carbocycles. The van der Waals surface area contributed by atoms with E-state index in [-0.39, 0.29) is 6.04 Å². The van der Waals surface area contributed by atoms with Gasteiger partial charge in [-0.2, -0.15) is 0 Å². The van der Waals surface area contributed by atoms with Crippen molar-refractivity contribution in [2.24, 2.45) is 5.73 Å². The summed E-state index contributed by atoms with van der Waals surface area (Å²) in [5, 5.41) is 2.12. The Hall–Kier alpha value is -1.12. The van der Waals surface area contributed by atoms with Gasteiger partial charge in [0.05, 0.1) is 0 Å². The van der Waals surface area contributed by atoms with Gasteiger partial charge in [0.1, 0.15) is 0 Å². The number of hydrogen-bond donors (Lipinski definition) is 1. The summed E-state index contributed by atoms with van der Waals surface area (Å²) in [6, 6.07) is 13.3. The molecule has 0 fully saturated rings. The fraction of sp³-hybridized carbons (Fsp3) is 0.375. The van der Waals surface area contributed by atoms with E-state index in [2.05, 4.69) is 41.8 Å². The summed E-state index contributed by atoms with van der Waals surface area (Å²) in [6.45, 7) is 0. The van der Waals surface area contributed by atoms with Crippen LogP contribution in [0, 0.1) is 0 Å². The summed E-state index contributed by atoms with van der Waals surface area (Å²) < 4.78 is 0. The number of nitrogens with two attached hydrogens (primary N) is 1. The maximum atomic E-state index is 6.34. The number of rotatable bonds is 3. The number of fused-ring (bicyclic) bond motifs is 1. The third kappa shape index (κ3) is 2.36. The molecule has 0 radical (unpaired) electrons. The maximum Gasteiger partial charge on any atom is 0.0395 e. The second-order valence-corrected chi connectivity index (χ2v) is 6.12. The third-order valence-electron chi connectivity index (χ3n) is 3.94. The zero-order valence-corrected chi connectivity index (χ0v) is 11.3. The Balaban J connectivity index is 1.78. The first-order valence-corrected chi connectivity index (χ1v) is 7.59. The van der Waals surface area contributed by atoms with E-state index in [1.54, 1.807) is 11.3 Å². The molecule has 1 aliphatic carbocycles. The van der Waals surface area contributed by atoms with Crippen LogP contribution in [-0.4, -0.2) is 0 Å². The molecule has 2 atom stereocenters. The highest BCUT2D eigenvalue weighted by atomic mass is 32.1. The topological polar surface area (TPSA) is 26.0 Å². The molecule has 2 unspecified atom stereocenters. The van der Waals surface area contributed by atoms with Crippen LogP contribution in [0.1, 0.15) is 47.2 Å². The van der Waals surface area contributed by atoms with Gasteiger partial charge in [-0.1, -0.05) is 30.3 Å². The largest absolute Gasteiger partial charge is 0.323 e. The molecule has 2 heteroatoms. The first-order valence-electron chi connectivity index (χ1n) is 6.71. The van der Waals surface area contributed by atoms with Crippen LogP contribution in [0.25, 0.3) is 0 Å². The van der Waals surface area contributed by atoms with Crippen molar-refractivity contribution in [3.05, 3.63) is 57.8 Å². The summed E-state index contributed by atoms with van der Waals surface area (Å²) >= 11 is 1.78. The lowest BCUT2D eigenvalue weighted by molar-refractivity contribution is 0.479. The van der Waals surface area contributed by atoms with Crippen LogP contribution < -0.4 is 5.73 Å². The summed E-state index contributed by atoms with van der Waals surface area (Å²) in [6.07, 6.45) is 4.91. The molecule has 0 amide bonds. The molecule has 94 valence electrons. The summed E-state index contributed by atoms with van der Waals surface area (Å²) in [5.74, 6) is 0.645. The monoisotopic (exact) mass is 257 g/mol. The molecule has 1 nitrogen and oxygen atoms in total. The van der Waals surface area contributed by atoms with Gasteiger partial charge >= 0.3 is 0 Å². The maximum absolute atomic E-state index is 6.34. The lowest BCUT2D eigenvalue weighted by atomic mass is 9.79. The second-order valence-electron chi connectivity index (χ2n) is 5.15. The second kappa shape index (κ2) is 5.25. The first-order chi connectivity index (χ1) is 8.84. The van der Waals surface area contributed by atoms with Gasteiger partial charge in [0.2, 0.25) is 0 Å². The summed E-state index contributed by atoms with van der Waals surface area (Å²) in [5.41, 5.74) is 9.41. The number of aryl methyl sites for hydroxylation is 1. The molecule has 18 heavy (non-hydrogen) atoms. The minimum Gasteiger partial charge on any atom is -0.323 e. The van der Waals surface area contributed by atoms with Crippen molar-refractivity contribution in [1.29, 1.82) is 0 Å². The zero-order chi connectivity index (χ0) is 12.4. The Kier molecular flexibility index (Phi) is 3.48. The molecule has 2 N–H and O–H groups in total. The van der Waals surface area contributed by atoms with E-state index in [1.807, 2.05) is 0 Å². The standard InChI is InChI=1S/C16H19NS/c17-15(16-9-4-10-18-16)11-13-7-3-6-12-5-1-2-8-14(12)13/h1-2,4-5,8-10,13,15H,3,6-7,11,17H2. The number of benzene rings is 1. The Bertz CT molecular complexity index is 504. The van der Waals surface area contributed by atoms with Gasteiger partial charge in [0.25, 0.3) is 0 Å². The fourth-order valence-corrected chi connectivity index (χ4v) is 3.77. The van der Waals surface area contributed by atoms with Crippen molar-refractivity contribution >= 4 is 11.3 Å². The summed E-state index contributed by atoms with van der Waals surface area (Å²) in [7, 11) is 0. The Morgan fingerprint density at radius 3 is 2.94 bits per heavy atom. The normalized spacial score (nSPS) is 20.4. The predicted molar refractivity (Wildman–Crippen MR) is 78.0 cm³/mol. The molecule has 0 spiro atoms. The lowest BCUT2D eigenvalue weighted by Gasteiger charge is -2.27. The number of hydrogen-bond acceptors (Lipinski definition) is 2. The smallest absolute Gasteiger partial charge is 0.0395 e. The molecule has 2 aromatic rings. The highest BCUT2D eigenvalue weighted by molar-refractivity contribution is 7.10. The van der Waals surface area contributed by atoms with E-state index in [0.29, 0.717) is 5.92 Å². The Morgan fingerprint density at radius 1 is 1.22 bits per heavy atom.